The van der Waals surface area contributed by atoms with Crippen molar-refractivity contribution in [3.8, 4) is 5.75 Å². The van der Waals surface area contributed by atoms with Crippen LogP contribution in [0.2, 0.25) is 0 Å². The SMILES string of the molecule is COc1ccccc1CCNCc1ccc(F)c(F)c1.O=C(O)C(=O)O. The molecule has 0 saturated heterocycles. The van der Waals surface area contributed by atoms with Crippen molar-refractivity contribution >= 4 is 11.9 Å². The Morgan fingerprint density at radius 1 is 1.04 bits per heavy atom. The van der Waals surface area contributed by atoms with Gasteiger partial charge in [-0.15, -0.1) is 0 Å². The molecule has 3 N–H and O–H groups in total. The monoisotopic (exact) mass is 367 g/mol. The molecule has 0 radical (unpaired) electrons. The van der Waals surface area contributed by atoms with Crippen molar-refractivity contribution in [2.24, 2.45) is 0 Å². The molecule has 0 fully saturated rings. The van der Waals surface area contributed by atoms with Crippen LogP contribution in [0.4, 0.5) is 8.78 Å². The van der Waals surface area contributed by atoms with E-state index in [1.807, 2.05) is 24.3 Å². The van der Waals surface area contributed by atoms with Gasteiger partial charge in [-0.2, -0.15) is 0 Å². The number of halogens is 2. The standard InChI is InChI=1S/C16H17F2NO.C2H2O4/c1-20-16-5-3-2-4-13(16)8-9-19-11-12-6-7-14(17)15(18)10-12;3-1(4)2(5)6/h2-7,10,19H,8-9,11H2,1H3;(H,3,4)(H,5,6). The van der Waals surface area contributed by atoms with Crippen LogP contribution in [0, 0.1) is 11.6 Å². The minimum atomic E-state index is -1.82. The molecule has 2 aromatic rings. The van der Waals surface area contributed by atoms with Gasteiger partial charge < -0.3 is 20.3 Å². The summed E-state index contributed by atoms with van der Waals surface area (Å²) in [7, 11) is 1.65. The summed E-state index contributed by atoms with van der Waals surface area (Å²) in [5, 5.41) is 18.0. The number of benzene rings is 2. The number of hydrogen-bond acceptors (Lipinski definition) is 4. The summed E-state index contributed by atoms with van der Waals surface area (Å²) in [6, 6.07) is 11.8. The van der Waals surface area contributed by atoms with Crippen molar-refractivity contribution in [3.05, 3.63) is 65.2 Å². The topological polar surface area (TPSA) is 95.9 Å². The van der Waals surface area contributed by atoms with Crippen LogP contribution in [0.15, 0.2) is 42.5 Å². The molecule has 0 saturated carbocycles. The number of ether oxygens (including phenoxy) is 1. The normalized spacial score (nSPS) is 9.81. The minimum absolute atomic E-state index is 0.506. The van der Waals surface area contributed by atoms with E-state index in [0.717, 1.165) is 35.9 Å². The molecule has 0 atom stereocenters. The van der Waals surface area contributed by atoms with Gasteiger partial charge in [0.2, 0.25) is 0 Å². The number of methoxy groups -OCH3 is 1. The first kappa shape index (κ1) is 21.0. The Morgan fingerprint density at radius 2 is 1.69 bits per heavy atom. The molecule has 0 heterocycles. The predicted octanol–water partition coefficient (Wildman–Crippen LogP) is 2.46. The minimum Gasteiger partial charge on any atom is -0.496 e. The fourth-order valence-electron chi connectivity index (χ4n) is 2.01. The smallest absolute Gasteiger partial charge is 0.414 e. The molecular formula is C18H19F2NO5. The molecule has 0 spiro atoms. The van der Waals surface area contributed by atoms with E-state index < -0.39 is 23.6 Å². The van der Waals surface area contributed by atoms with Crippen LogP contribution in [0.1, 0.15) is 11.1 Å². The summed E-state index contributed by atoms with van der Waals surface area (Å²) >= 11 is 0. The van der Waals surface area contributed by atoms with E-state index >= 15 is 0 Å². The fourth-order valence-corrected chi connectivity index (χ4v) is 2.01. The number of rotatable bonds is 6. The van der Waals surface area contributed by atoms with E-state index in [9.17, 15) is 8.78 Å². The maximum atomic E-state index is 13.0. The molecule has 2 aromatic carbocycles. The number of carboxylic acids is 2. The second kappa shape index (κ2) is 10.8. The molecule has 0 aliphatic rings. The van der Waals surface area contributed by atoms with Gasteiger partial charge >= 0.3 is 11.9 Å². The van der Waals surface area contributed by atoms with E-state index in [0.29, 0.717) is 6.54 Å². The van der Waals surface area contributed by atoms with E-state index in [2.05, 4.69) is 5.32 Å². The number of nitrogens with one attached hydrogen (secondary N) is 1. The van der Waals surface area contributed by atoms with Crippen molar-refractivity contribution in [1.29, 1.82) is 0 Å². The first-order valence-corrected chi connectivity index (χ1v) is 7.58. The van der Waals surface area contributed by atoms with Gasteiger partial charge in [0.05, 0.1) is 7.11 Å². The Labute approximate surface area is 149 Å². The maximum Gasteiger partial charge on any atom is 0.414 e. The number of para-hydroxylation sites is 1. The first-order valence-electron chi connectivity index (χ1n) is 7.58. The van der Waals surface area contributed by atoms with Crippen molar-refractivity contribution in [1.82, 2.24) is 5.32 Å². The Kier molecular flexibility index (Phi) is 8.72. The van der Waals surface area contributed by atoms with Gasteiger partial charge in [0.25, 0.3) is 0 Å². The molecule has 0 amide bonds. The lowest BCUT2D eigenvalue weighted by Crippen LogP contribution is -2.17. The summed E-state index contributed by atoms with van der Waals surface area (Å²) in [5.41, 5.74) is 1.84. The Bertz CT molecular complexity index is 740. The third-order valence-corrected chi connectivity index (χ3v) is 3.26. The Balaban J connectivity index is 0.000000487. The van der Waals surface area contributed by atoms with Crippen LogP contribution < -0.4 is 10.1 Å². The van der Waals surface area contributed by atoms with Crippen LogP contribution in [-0.2, 0) is 22.6 Å². The highest BCUT2D eigenvalue weighted by Gasteiger charge is 2.04. The van der Waals surface area contributed by atoms with Crippen LogP contribution in [0.5, 0.6) is 5.75 Å². The Hall–Kier alpha value is -3.00. The highest BCUT2D eigenvalue weighted by molar-refractivity contribution is 6.27. The van der Waals surface area contributed by atoms with Gasteiger partial charge in [0.15, 0.2) is 11.6 Å². The van der Waals surface area contributed by atoms with Crippen molar-refractivity contribution in [2.75, 3.05) is 13.7 Å². The number of aliphatic carboxylic acids is 2. The molecule has 0 unspecified atom stereocenters. The molecule has 140 valence electrons. The first-order chi connectivity index (χ1) is 12.3. The summed E-state index contributed by atoms with van der Waals surface area (Å²) in [6.45, 7) is 1.24. The molecule has 8 heteroatoms. The highest BCUT2D eigenvalue weighted by atomic mass is 19.2. The summed E-state index contributed by atoms with van der Waals surface area (Å²) < 4.78 is 31.1. The average molecular weight is 367 g/mol. The number of carboxylic acid groups (broad SMARTS) is 2. The van der Waals surface area contributed by atoms with Crippen LogP contribution >= 0.6 is 0 Å². The number of hydrogen-bond donors (Lipinski definition) is 3. The van der Waals surface area contributed by atoms with Gasteiger partial charge in [0.1, 0.15) is 5.75 Å². The van der Waals surface area contributed by atoms with E-state index in [4.69, 9.17) is 24.5 Å². The molecular weight excluding hydrogens is 348 g/mol. The zero-order valence-electron chi connectivity index (χ0n) is 14.0. The second-order valence-electron chi connectivity index (χ2n) is 5.10. The molecule has 6 nitrogen and oxygen atoms in total. The molecule has 26 heavy (non-hydrogen) atoms. The third kappa shape index (κ3) is 7.27. The van der Waals surface area contributed by atoms with E-state index in [-0.39, 0.29) is 0 Å². The lowest BCUT2D eigenvalue weighted by molar-refractivity contribution is -0.159. The van der Waals surface area contributed by atoms with Crippen LogP contribution in [0.25, 0.3) is 0 Å². The predicted molar refractivity (Wildman–Crippen MR) is 90.0 cm³/mol. The maximum absolute atomic E-state index is 13.0. The Morgan fingerprint density at radius 3 is 2.27 bits per heavy atom. The lowest BCUT2D eigenvalue weighted by Gasteiger charge is -2.09. The van der Waals surface area contributed by atoms with Gasteiger partial charge in [-0.3, -0.25) is 0 Å². The zero-order chi connectivity index (χ0) is 19.5. The van der Waals surface area contributed by atoms with Gasteiger partial charge in [-0.25, -0.2) is 18.4 Å². The molecule has 0 aromatic heterocycles. The quantitative estimate of drug-likeness (QED) is 0.536. The summed E-state index contributed by atoms with van der Waals surface area (Å²) in [5.74, 6) is -4.41. The van der Waals surface area contributed by atoms with Gasteiger partial charge in [-0.1, -0.05) is 24.3 Å². The highest BCUT2D eigenvalue weighted by Crippen LogP contribution is 2.17. The van der Waals surface area contributed by atoms with Crippen molar-refractivity contribution in [3.63, 3.8) is 0 Å². The summed E-state index contributed by atoms with van der Waals surface area (Å²) in [6.07, 6.45) is 0.813. The van der Waals surface area contributed by atoms with Crippen molar-refractivity contribution in [2.45, 2.75) is 13.0 Å². The van der Waals surface area contributed by atoms with Gasteiger partial charge in [-0.05, 0) is 42.3 Å². The number of carbonyl (C=O) groups is 2. The van der Waals surface area contributed by atoms with E-state index in [1.165, 1.54) is 6.07 Å². The molecule has 0 aliphatic carbocycles. The summed E-state index contributed by atoms with van der Waals surface area (Å²) in [4.78, 5) is 18.2. The van der Waals surface area contributed by atoms with E-state index in [1.54, 1.807) is 13.2 Å². The lowest BCUT2D eigenvalue weighted by atomic mass is 10.1. The third-order valence-electron chi connectivity index (χ3n) is 3.26. The fraction of sp³-hybridized carbons (Fsp3) is 0.222. The molecule has 0 bridgehead atoms. The van der Waals surface area contributed by atoms with Gasteiger partial charge in [0, 0.05) is 6.54 Å². The second-order valence-corrected chi connectivity index (χ2v) is 5.10. The van der Waals surface area contributed by atoms with Crippen LogP contribution in [0.3, 0.4) is 0 Å². The average Bonchev–Trinajstić information content (AvgIpc) is 2.62. The largest absolute Gasteiger partial charge is 0.496 e. The molecule has 0 aliphatic heterocycles. The van der Waals surface area contributed by atoms with Crippen molar-refractivity contribution < 1.29 is 33.3 Å². The van der Waals surface area contributed by atoms with Crippen LogP contribution in [-0.4, -0.2) is 35.8 Å². The zero-order valence-corrected chi connectivity index (χ0v) is 14.0. The molecule has 2 rings (SSSR count).